The number of nitrogens with one attached hydrogen (secondary N) is 1. The molecule has 0 bridgehead atoms. The predicted octanol–water partition coefficient (Wildman–Crippen LogP) is 3.43. The normalized spacial score (nSPS) is 22.5. The standard InChI is InChI=1S/C28H29F2N3O4/c29-19-10-17-2-1-9-37-26(17)18(11-19)14-32-7-5-16(6-8-32)21-12-20(30)13-22-23(21)15-33(28(22)36)24-3-4-25(34)31-27(24)35/h10-13,16,24H,1-9,14-15H2,(H,31,34,35). The third-order valence-corrected chi connectivity index (χ3v) is 8.12. The third-order valence-electron chi connectivity index (χ3n) is 8.12. The second-order valence-electron chi connectivity index (χ2n) is 10.5. The van der Waals surface area contributed by atoms with Crippen molar-refractivity contribution < 1.29 is 27.9 Å². The largest absolute Gasteiger partial charge is 0.493 e. The lowest BCUT2D eigenvalue weighted by molar-refractivity contribution is -0.136. The van der Waals surface area contributed by atoms with Gasteiger partial charge in [0.1, 0.15) is 23.4 Å². The minimum atomic E-state index is -0.727. The third kappa shape index (κ3) is 4.50. The number of aryl methyl sites for hydroxylation is 1. The molecule has 0 saturated carbocycles. The molecule has 0 radical (unpaired) electrons. The molecule has 2 aromatic rings. The van der Waals surface area contributed by atoms with Crippen LogP contribution >= 0.6 is 0 Å². The van der Waals surface area contributed by atoms with E-state index in [2.05, 4.69) is 10.2 Å². The zero-order chi connectivity index (χ0) is 25.7. The lowest BCUT2D eigenvalue weighted by Crippen LogP contribution is -2.52. The maximum absolute atomic E-state index is 14.7. The van der Waals surface area contributed by atoms with Crippen molar-refractivity contribution in [3.8, 4) is 5.75 Å². The Balaban J connectivity index is 1.17. The number of fused-ring (bicyclic) bond motifs is 2. The van der Waals surface area contributed by atoms with Gasteiger partial charge in [0.2, 0.25) is 11.8 Å². The van der Waals surface area contributed by atoms with E-state index in [1.165, 1.54) is 17.0 Å². The van der Waals surface area contributed by atoms with Crippen LogP contribution in [0.25, 0.3) is 0 Å². The Morgan fingerprint density at radius 3 is 2.54 bits per heavy atom. The van der Waals surface area contributed by atoms with Crippen molar-refractivity contribution in [3.63, 3.8) is 0 Å². The van der Waals surface area contributed by atoms with Gasteiger partial charge in [-0.15, -0.1) is 0 Å². The monoisotopic (exact) mass is 509 g/mol. The molecule has 1 atom stereocenters. The molecule has 7 nitrogen and oxygen atoms in total. The topological polar surface area (TPSA) is 79.0 Å². The molecule has 4 aliphatic rings. The molecule has 0 aromatic heterocycles. The summed E-state index contributed by atoms with van der Waals surface area (Å²) in [6.07, 6.45) is 3.72. The number of piperidine rings is 2. The molecule has 4 heterocycles. The van der Waals surface area contributed by atoms with Gasteiger partial charge in [-0.25, -0.2) is 8.78 Å². The first-order valence-electron chi connectivity index (χ1n) is 13.0. The highest BCUT2D eigenvalue weighted by Gasteiger charge is 2.41. The molecule has 9 heteroatoms. The summed E-state index contributed by atoms with van der Waals surface area (Å²) in [7, 11) is 0. The van der Waals surface area contributed by atoms with E-state index in [-0.39, 0.29) is 42.9 Å². The van der Waals surface area contributed by atoms with Crippen molar-refractivity contribution in [2.24, 2.45) is 0 Å². The number of carbonyl (C=O) groups is 3. The molecule has 6 rings (SSSR count). The van der Waals surface area contributed by atoms with Gasteiger partial charge < -0.3 is 9.64 Å². The number of nitrogens with zero attached hydrogens (tertiary/aromatic N) is 2. The van der Waals surface area contributed by atoms with E-state index in [1.807, 2.05) is 0 Å². The van der Waals surface area contributed by atoms with E-state index in [9.17, 15) is 23.2 Å². The molecule has 2 fully saturated rings. The van der Waals surface area contributed by atoms with E-state index in [0.717, 1.165) is 66.8 Å². The summed E-state index contributed by atoms with van der Waals surface area (Å²) in [4.78, 5) is 40.8. The average molecular weight is 510 g/mol. The van der Waals surface area contributed by atoms with Gasteiger partial charge in [0, 0.05) is 30.6 Å². The van der Waals surface area contributed by atoms with Crippen molar-refractivity contribution >= 4 is 17.7 Å². The van der Waals surface area contributed by atoms with E-state index in [1.54, 1.807) is 12.1 Å². The molecule has 1 N–H and O–H groups in total. The Kier molecular flexibility index (Phi) is 6.18. The van der Waals surface area contributed by atoms with Crippen LogP contribution in [0.1, 0.15) is 70.6 Å². The van der Waals surface area contributed by atoms with Crippen LogP contribution in [0.5, 0.6) is 5.75 Å². The van der Waals surface area contributed by atoms with Crippen molar-refractivity contribution in [1.29, 1.82) is 0 Å². The number of imide groups is 1. The fourth-order valence-electron chi connectivity index (χ4n) is 6.30. The Morgan fingerprint density at radius 1 is 0.973 bits per heavy atom. The SMILES string of the molecule is O=C1CCC(N2Cc3c(cc(F)cc3C3CCN(Cc4cc(F)cc5c4OCCC5)CC3)C2=O)C(=O)N1. The molecule has 2 saturated heterocycles. The number of ether oxygens (including phenoxy) is 1. The quantitative estimate of drug-likeness (QED) is 0.639. The summed E-state index contributed by atoms with van der Waals surface area (Å²) >= 11 is 0. The number of amides is 3. The number of benzene rings is 2. The van der Waals surface area contributed by atoms with Crippen LogP contribution in [0, 0.1) is 11.6 Å². The minimum absolute atomic E-state index is 0.0767. The van der Waals surface area contributed by atoms with Crippen LogP contribution in [0.4, 0.5) is 8.78 Å². The van der Waals surface area contributed by atoms with Crippen molar-refractivity contribution in [1.82, 2.24) is 15.1 Å². The molecule has 1 unspecified atom stereocenters. The van der Waals surface area contributed by atoms with Gasteiger partial charge in [-0.3, -0.25) is 24.6 Å². The zero-order valence-electron chi connectivity index (χ0n) is 20.5. The zero-order valence-corrected chi connectivity index (χ0v) is 20.5. The van der Waals surface area contributed by atoms with Gasteiger partial charge in [-0.05, 0) is 92.1 Å². The van der Waals surface area contributed by atoms with E-state index in [4.69, 9.17) is 4.74 Å². The van der Waals surface area contributed by atoms with Gasteiger partial charge in [-0.1, -0.05) is 0 Å². The number of hydrogen-bond acceptors (Lipinski definition) is 5. The van der Waals surface area contributed by atoms with Gasteiger partial charge in [0.05, 0.1) is 6.61 Å². The fourth-order valence-corrected chi connectivity index (χ4v) is 6.30. The van der Waals surface area contributed by atoms with Crippen LogP contribution in [0.3, 0.4) is 0 Å². The average Bonchev–Trinajstić information content (AvgIpc) is 3.20. The summed E-state index contributed by atoms with van der Waals surface area (Å²) in [6, 6.07) is 5.18. The summed E-state index contributed by atoms with van der Waals surface area (Å²) < 4.78 is 34.7. The predicted molar refractivity (Wildman–Crippen MR) is 130 cm³/mol. The van der Waals surface area contributed by atoms with Gasteiger partial charge in [0.25, 0.3) is 5.91 Å². The molecule has 194 valence electrons. The highest BCUT2D eigenvalue weighted by atomic mass is 19.1. The number of likely N-dealkylation sites (tertiary alicyclic amines) is 1. The van der Waals surface area contributed by atoms with Crippen molar-refractivity contribution in [2.75, 3.05) is 19.7 Å². The number of halogens is 2. The van der Waals surface area contributed by atoms with Crippen LogP contribution in [0.2, 0.25) is 0 Å². The van der Waals surface area contributed by atoms with Gasteiger partial charge in [0.15, 0.2) is 0 Å². The minimum Gasteiger partial charge on any atom is -0.493 e. The molecule has 3 amide bonds. The first-order valence-corrected chi connectivity index (χ1v) is 13.0. The molecule has 0 aliphatic carbocycles. The Labute approximate surface area is 213 Å². The van der Waals surface area contributed by atoms with Crippen LogP contribution < -0.4 is 10.1 Å². The lowest BCUT2D eigenvalue weighted by Gasteiger charge is -2.34. The molecule has 0 spiro atoms. The van der Waals surface area contributed by atoms with E-state index in [0.29, 0.717) is 18.7 Å². The highest BCUT2D eigenvalue weighted by Crippen LogP contribution is 2.39. The lowest BCUT2D eigenvalue weighted by atomic mass is 9.85. The summed E-state index contributed by atoms with van der Waals surface area (Å²) in [5.74, 6) is -0.991. The van der Waals surface area contributed by atoms with E-state index < -0.39 is 17.8 Å². The van der Waals surface area contributed by atoms with E-state index >= 15 is 0 Å². The molecular formula is C28H29F2N3O4. The van der Waals surface area contributed by atoms with Gasteiger partial charge in [-0.2, -0.15) is 0 Å². The number of carbonyl (C=O) groups excluding carboxylic acids is 3. The number of rotatable bonds is 4. The Morgan fingerprint density at radius 2 is 1.76 bits per heavy atom. The van der Waals surface area contributed by atoms with Crippen molar-refractivity contribution in [2.45, 2.75) is 63.6 Å². The van der Waals surface area contributed by atoms with Gasteiger partial charge >= 0.3 is 0 Å². The second-order valence-corrected chi connectivity index (χ2v) is 10.5. The molecule has 37 heavy (non-hydrogen) atoms. The molecular weight excluding hydrogens is 480 g/mol. The van der Waals surface area contributed by atoms with Crippen molar-refractivity contribution in [3.05, 3.63) is 63.7 Å². The molecule has 4 aliphatic heterocycles. The first kappa shape index (κ1) is 24.0. The fraction of sp³-hybridized carbons (Fsp3) is 0.464. The maximum Gasteiger partial charge on any atom is 0.255 e. The smallest absolute Gasteiger partial charge is 0.255 e. The number of hydrogen-bond donors (Lipinski definition) is 1. The molecule has 2 aromatic carbocycles. The van der Waals surface area contributed by atoms with Crippen LogP contribution in [-0.2, 0) is 29.1 Å². The van der Waals surface area contributed by atoms with Crippen LogP contribution in [-0.4, -0.2) is 53.3 Å². The summed E-state index contributed by atoms with van der Waals surface area (Å²) in [5, 5.41) is 2.31. The Bertz CT molecular complexity index is 1290. The first-order chi connectivity index (χ1) is 17.9. The maximum atomic E-state index is 14.7. The Hall–Kier alpha value is -3.33. The summed E-state index contributed by atoms with van der Waals surface area (Å²) in [6.45, 7) is 2.99. The van der Waals surface area contributed by atoms with Crippen LogP contribution in [0.15, 0.2) is 24.3 Å². The highest BCUT2D eigenvalue weighted by molar-refractivity contribution is 6.05. The second kappa shape index (κ2) is 9.52. The summed E-state index contributed by atoms with van der Waals surface area (Å²) in [5.41, 5.74) is 3.71.